The van der Waals surface area contributed by atoms with Gasteiger partial charge in [-0.1, -0.05) is 80.8 Å². The molecule has 2 aliphatic rings. The molecule has 0 radical (unpaired) electrons. The number of hydrogen-bond acceptors (Lipinski definition) is 4. The van der Waals surface area contributed by atoms with Crippen molar-refractivity contribution in [3.8, 4) is 12.3 Å². The maximum atomic E-state index is 14.6. The second kappa shape index (κ2) is 9.80. The van der Waals surface area contributed by atoms with Crippen LogP contribution in [0.2, 0.25) is 18.1 Å². The molecule has 0 unspecified atom stereocenters. The molecular formula is C33H40N2O3SSi. The van der Waals surface area contributed by atoms with E-state index in [0.717, 1.165) is 22.4 Å². The zero-order valence-electron chi connectivity index (χ0n) is 24.6. The number of sulfonamides is 1. The van der Waals surface area contributed by atoms with Gasteiger partial charge in [0.2, 0.25) is 0 Å². The average Bonchev–Trinajstić information content (AvgIpc) is 3.15. The number of nitrogens with zero attached hydrogens (tertiary/aromatic N) is 2. The van der Waals surface area contributed by atoms with Gasteiger partial charge in [0.1, 0.15) is 6.17 Å². The van der Waals surface area contributed by atoms with Crippen molar-refractivity contribution in [2.45, 2.75) is 74.6 Å². The third-order valence-electron chi connectivity index (χ3n) is 9.36. The Morgan fingerprint density at radius 3 is 2.20 bits per heavy atom. The minimum atomic E-state index is -3.95. The molecule has 5 nitrogen and oxygen atoms in total. The second-order valence-corrected chi connectivity index (χ2v) is 19.3. The summed E-state index contributed by atoms with van der Waals surface area (Å²) in [5.74, 6) is 2.80. The highest BCUT2D eigenvalue weighted by Gasteiger charge is 2.62. The summed E-state index contributed by atoms with van der Waals surface area (Å²) in [5, 5.41) is 0.0555. The van der Waals surface area contributed by atoms with Crippen LogP contribution in [0.15, 0.2) is 77.7 Å². The number of fused-ring (bicyclic) bond motifs is 4. The van der Waals surface area contributed by atoms with Crippen molar-refractivity contribution in [2.75, 3.05) is 22.9 Å². The van der Waals surface area contributed by atoms with E-state index in [4.69, 9.17) is 10.8 Å². The fourth-order valence-corrected chi connectivity index (χ4v) is 9.00. The van der Waals surface area contributed by atoms with Crippen molar-refractivity contribution in [2.24, 2.45) is 0 Å². The Balaban J connectivity index is 1.75. The molecule has 0 aromatic heterocycles. The van der Waals surface area contributed by atoms with Gasteiger partial charge >= 0.3 is 0 Å². The molecule has 0 aliphatic carbocycles. The molecule has 0 bridgehead atoms. The topological polar surface area (TPSA) is 49.9 Å². The zero-order valence-corrected chi connectivity index (χ0v) is 26.4. The van der Waals surface area contributed by atoms with Gasteiger partial charge in [-0.15, -0.1) is 6.42 Å². The maximum Gasteiger partial charge on any atom is 0.266 e. The molecule has 210 valence electrons. The number of likely N-dealkylation sites (N-methyl/N-ethyl adjacent to an activating group) is 1. The first kappa shape index (κ1) is 28.5. The Hall–Kier alpha value is -3.05. The molecule has 3 atom stereocenters. The molecule has 2 heterocycles. The normalized spacial score (nSPS) is 22.4. The molecule has 0 N–H and O–H groups in total. The van der Waals surface area contributed by atoms with Crippen molar-refractivity contribution >= 4 is 29.7 Å². The van der Waals surface area contributed by atoms with E-state index in [2.05, 4.69) is 56.8 Å². The minimum Gasteiger partial charge on any atom is -0.417 e. The van der Waals surface area contributed by atoms with Crippen LogP contribution in [-0.4, -0.2) is 36.6 Å². The predicted molar refractivity (Wildman–Crippen MR) is 167 cm³/mol. The van der Waals surface area contributed by atoms with Crippen LogP contribution in [-0.2, 0) is 19.9 Å². The van der Waals surface area contributed by atoms with E-state index < -0.39 is 29.9 Å². The zero-order chi connectivity index (χ0) is 29.1. The van der Waals surface area contributed by atoms with Crippen LogP contribution in [0, 0.1) is 19.3 Å². The number of terminal acetylenes is 1. The van der Waals surface area contributed by atoms with Gasteiger partial charge in [-0.25, -0.2) is 12.7 Å². The van der Waals surface area contributed by atoms with Gasteiger partial charge in [-0.05, 0) is 66.9 Å². The summed E-state index contributed by atoms with van der Waals surface area (Å²) in [6, 6.07) is 23.0. The number of anilines is 2. The van der Waals surface area contributed by atoms with Gasteiger partial charge in [0.25, 0.3) is 10.0 Å². The fourth-order valence-electron chi connectivity index (χ4n) is 6.23. The molecule has 0 fully saturated rings. The molecule has 0 spiro atoms. The van der Waals surface area contributed by atoms with E-state index in [1.165, 1.54) is 0 Å². The molecule has 2 aliphatic heterocycles. The van der Waals surface area contributed by atoms with Gasteiger partial charge in [-0.3, -0.25) is 0 Å². The summed E-state index contributed by atoms with van der Waals surface area (Å²) in [7, 11) is -4.03. The summed E-state index contributed by atoms with van der Waals surface area (Å²) >= 11 is 0. The number of rotatable bonds is 6. The number of aryl methyl sites for hydroxylation is 1. The quantitative estimate of drug-likeness (QED) is 0.235. The first-order valence-electron chi connectivity index (χ1n) is 13.9. The Labute approximate surface area is 241 Å². The van der Waals surface area contributed by atoms with Crippen LogP contribution in [0.3, 0.4) is 0 Å². The lowest BCUT2D eigenvalue weighted by atomic mass is 9.63. The van der Waals surface area contributed by atoms with E-state index in [0.29, 0.717) is 18.7 Å². The highest BCUT2D eigenvalue weighted by molar-refractivity contribution is 7.92. The van der Waals surface area contributed by atoms with Crippen LogP contribution in [0.25, 0.3) is 0 Å². The molecule has 3 aromatic rings. The largest absolute Gasteiger partial charge is 0.417 e. The monoisotopic (exact) mass is 572 g/mol. The summed E-state index contributed by atoms with van der Waals surface area (Å²) in [5.41, 5.74) is 3.85. The maximum absolute atomic E-state index is 14.6. The van der Waals surface area contributed by atoms with Crippen LogP contribution in [0.1, 0.15) is 49.8 Å². The Kier molecular flexibility index (Phi) is 6.97. The molecule has 0 amide bonds. The van der Waals surface area contributed by atoms with Crippen molar-refractivity contribution in [1.82, 2.24) is 0 Å². The van der Waals surface area contributed by atoms with E-state index in [1.807, 2.05) is 62.5 Å². The SMILES string of the molecule is C#C[C@H]1c2ccccc2N(S(=O)(=O)c2ccc(C)cc2)[C@H]2N(C)c3ccccc3[C@]21CCO[Si](C)(C)C(C)(C)C. The third kappa shape index (κ3) is 4.20. The van der Waals surface area contributed by atoms with Crippen molar-refractivity contribution in [1.29, 1.82) is 0 Å². The molecule has 5 rings (SSSR count). The number of para-hydroxylation sites is 2. The van der Waals surface area contributed by atoms with Gasteiger partial charge in [-0.2, -0.15) is 0 Å². The summed E-state index contributed by atoms with van der Waals surface area (Å²) in [6.45, 7) is 13.6. The summed E-state index contributed by atoms with van der Waals surface area (Å²) < 4.78 is 37.6. The van der Waals surface area contributed by atoms with Crippen LogP contribution in [0.4, 0.5) is 11.4 Å². The second-order valence-electron chi connectivity index (χ2n) is 12.7. The molecule has 0 saturated carbocycles. The highest BCUT2D eigenvalue weighted by atomic mass is 32.2. The van der Waals surface area contributed by atoms with Crippen LogP contribution >= 0.6 is 0 Å². The third-order valence-corrected chi connectivity index (χ3v) is 15.7. The van der Waals surface area contributed by atoms with Crippen LogP contribution < -0.4 is 9.21 Å². The summed E-state index contributed by atoms with van der Waals surface area (Å²) in [6.07, 6.45) is 6.43. The molecule has 0 saturated heterocycles. The van der Waals surface area contributed by atoms with Crippen molar-refractivity contribution in [3.05, 3.63) is 89.5 Å². The number of hydrogen-bond donors (Lipinski definition) is 0. The highest BCUT2D eigenvalue weighted by Crippen LogP contribution is 2.60. The lowest BCUT2D eigenvalue weighted by Gasteiger charge is -2.52. The van der Waals surface area contributed by atoms with Gasteiger partial charge in [0.15, 0.2) is 8.32 Å². The first-order chi connectivity index (χ1) is 18.8. The smallest absolute Gasteiger partial charge is 0.266 e. The standard InChI is InChI=1S/C33H40N2O3SSi/c1-9-27-26-14-10-12-16-29(26)35(39(36,37)25-20-18-24(2)19-21-25)31-33(27,22-23-38-40(7,8)32(3,4)5)28-15-11-13-17-30(28)34(31)6/h1,10-21,27,31H,22-23H2,2-8H3/t27-,31+,33+/m0/s1. The molecular weight excluding hydrogens is 533 g/mol. The average molecular weight is 573 g/mol. The van der Waals surface area contributed by atoms with Crippen molar-refractivity contribution in [3.63, 3.8) is 0 Å². The summed E-state index contributed by atoms with van der Waals surface area (Å²) in [4.78, 5) is 2.37. The number of benzene rings is 3. The Morgan fingerprint density at radius 2 is 1.57 bits per heavy atom. The molecule has 3 aromatic carbocycles. The minimum absolute atomic E-state index is 0.0555. The van der Waals surface area contributed by atoms with E-state index in [1.54, 1.807) is 16.4 Å². The first-order valence-corrected chi connectivity index (χ1v) is 18.2. The lowest BCUT2D eigenvalue weighted by molar-refractivity contribution is 0.209. The fraction of sp³-hybridized carbons (Fsp3) is 0.394. The molecule has 7 heteroatoms. The van der Waals surface area contributed by atoms with Gasteiger partial charge in [0.05, 0.1) is 21.9 Å². The van der Waals surface area contributed by atoms with Crippen molar-refractivity contribution < 1.29 is 12.8 Å². The lowest BCUT2D eigenvalue weighted by Crippen LogP contribution is -2.62. The van der Waals surface area contributed by atoms with E-state index in [9.17, 15) is 8.42 Å². The Morgan fingerprint density at radius 1 is 0.975 bits per heavy atom. The molecule has 40 heavy (non-hydrogen) atoms. The van der Waals surface area contributed by atoms with Gasteiger partial charge in [0, 0.05) is 19.3 Å². The van der Waals surface area contributed by atoms with E-state index in [-0.39, 0.29) is 15.9 Å². The predicted octanol–water partition coefficient (Wildman–Crippen LogP) is 7.05. The van der Waals surface area contributed by atoms with E-state index >= 15 is 0 Å². The van der Waals surface area contributed by atoms with Gasteiger partial charge < -0.3 is 9.33 Å². The Bertz CT molecular complexity index is 1570. The van der Waals surface area contributed by atoms with Crippen LogP contribution in [0.5, 0.6) is 0 Å².